The van der Waals surface area contributed by atoms with Gasteiger partial charge in [-0.25, -0.2) is 4.79 Å². The van der Waals surface area contributed by atoms with Crippen molar-refractivity contribution in [3.05, 3.63) is 28.3 Å². The van der Waals surface area contributed by atoms with Crippen molar-refractivity contribution in [3.63, 3.8) is 0 Å². The van der Waals surface area contributed by atoms with Crippen LogP contribution in [0.3, 0.4) is 0 Å². The topological polar surface area (TPSA) is 102 Å². The van der Waals surface area contributed by atoms with Crippen molar-refractivity contribution in [3.8, 4) is 5.75 Å². The van der Waals surface area contributed by atoms with E-state index in [9.17, 15) is 14.9 Å². The number of carboxylic acid groups (broad SMARTS) is 1. The SMILES string of the molecule is COc1ccc([N+](=O)[O-])c(N2CCOC(C(=O)O)C2)c1. The second kappa shape index (κ2) is 5.74. The zero-order valence-corrected chi connectivity index (χ0v) is 10.8. The Balaban J connectivity index is 2.34. The molecule has 1 aliphatic heterocycles. The van der Waals surface area contributed by atoms with Crippen LogP contribution in [0.2, 0.25) is 0 Å². The van der Waals surface area contributed by atoms with Gasteiger partial charge in [0.15, 0.2) is 6.10 Å². The molecule has 0 aliphatic carbocycles. The minimum Gasteiger partial charge on any atom is -0.497 e. The quantitative estimate of drug-likeness (QED) is 0.646. The van der Waals surface area contributed by atoms with Gasteiger partial charge < -0.3 is 19.5 Å². The van der Waals surface area contributed by atoms with E-state index >= 15 is 0 Å². The third-order valence-corrected chi connectivity index (χ3v) is 3.06. The molecular weight excluding hydrogens is 268 g/mol. The largest absolute Gasteiger partial charge is 0.497 e. The van der Waals surface area contributed by atoms with Crippen molar-refractivity contribution in [2.45, 2.75) is 6.10 Å². The standard InChI is InChI=1S/C12H14N2O6/c1-19-8-2-3-9(14(17)18)10(6-8)13-4-5-20-11(7-13)12(15)16/h2-3,6,11H,4-5,7H2,1H3,(H,15,16). The number of ether oxygens (including phenoxy) is 2. The van der Waals surface area contributed by atoms with Gasteiger partial charge in [-0.1, -0.05) is 0 Å². The van der Waals surface area contributed by atoms with E-state index in [4.69, 9.17) is 14.6 Å². The second-order valence-electron chi connectivity index (χ2n) is 4.26. The monoisotopic (exact) mass is 282 g/mol. The van der Waals surface area contributed by atoms with Gasteiger partial charge in [-0.2, -0.15) is 0 Å². The molecule has 2 rings (SSSR count). The van der Waals surface area contributed by atoms with Crippen LogP contribution in [0, 0.1) is 10.1 Å². The molecule has 0 saturated carbocycles. The van der Waals surface area contributed by atoms with Crippen molar-refractivity contribution in [1.82, 2.24) is 0 Å². The van der Waals surface area contributed by atoms with Gasteiger partial charge in [-0.15, -0.1) is 0 Å². The molecule has 1 aromatic rings. The molecule has 1 aromatic carbocycles. The summed E-state index contributed by atoms with van der Waals surface area (Å²) in [7, 11) is 1.46. The molecule has 0 spiro atoms. The van der Waals surface area contributed by atoms with E-state index in [0.29, 0.717) is 18.0 Å². The summed E-state index contributed by atoms with van der Waals surface area (Å²) in [5.41, 5.74) is 0.251. The molecule has 8 nitrogen and oxygen atoms in total. The van der Waals surface area contributed by atoms with Gasteiger partial charge in [0, 0.05) is 18.7 Å². The number of benzene rings is 1. The summed E-state index contributed by atoms with van der Waals surface area (Å²) in [4.78, 5) is 23.2. The lowest BCUT2D eigenvalue weighted by Crippen LogP contribution is -2.46. The summed E-state index contributed by atoms with van der Waals surface area (Å²) >= 11 is 0. The Bertz CT molecular complexity index is 533. The average Bonchev–Trinajstić information content (AvgIpc) is 2.46. The third kappa shape index (κ3) is 2.80. The van der Waals surface area contributed by atoms with Gasteiger partial charge in [0.1, 0.15) is 11.4 Å². The molecule has 1 fully saturated rings. The molecule has 108 valence electrons. The fraction of sp³-hybridized carbons (Fsp3) is 0.417. The molecule has 1 N–H and O–H groups in total. The number of rotatable bonds is 4. The van der Waals surface area contributed by atoms with Crippen LogP contribution in [-0.4, -0.2) is 48.9 Å². The van der Waals surface area contributed by atoms with Crippen LogP contribution in [0.5, 0.6) is 5.75 Å². The molecule has 1 heterocycles. The van der Waals surface area contributed by atoms with E-state index in [0.717, 1.165) is 0 Å². The molecule has 1 unspecified atom stereocenters. The van der Waals surface area contributed by atoms with Gasteiger partial charge in [0.2, 0.25) is 0 Å². The number of nitro benzene ring substituents is 1. The van der Waals surface area contributed by atoms with Crippen molar-refractivity contribution < 1.29 is 24.3 Å². The highest BCUT2D eigenvalue weighted by atomic mass is 16.6. The summed E-state index contributed by atoms with van der Waals surface area (Å²) in [6.45, 7) is 0.645. The van der Waals surface area contributed by atoms with E-state index in [1.165, 1.54) is 25.3 Å². The summed E-state index contributed by atoms with van der Waals surface area (Å²) in [6.07, 6.45) is -0.991. The molecule has 1 aliphatic rings. The molecule has 1 atom stereocenters. The van der Waals surface area contributed by atoms with Crippen LogP contribution in [0.4, 0.5) is 11.4 Å². The predicted octanol–water partition coefficient (Wildman–Crippen LogP) is 0.893. The highest BCUT2D eigenvalue weighted by Crippen LogP contribution is 2.33. The second-order valence-corrected chi connectivity index (χ2v) is 4.26. The van der Waals surface area contributed by atoms with E-state index in [-0.39, 0.29) is 18.8 Å². The number of anilines is 1. The van der Waals surface area contributed by atoms with Crippen LogP contribution in [0.25, 0.3) is 0 Å². The number of methoxy groups -OCH3 is 1. The summed E-state index contributed by atoms with van der Waals surface area (Å²) in [5.74, 6) is -0.607. The molecule has 0 aromatic heterocycles. The fourth-order valence-corrected chi connectivity index (χ4v) is 2.06. The summed E-state index contributed by atoms with van der Waals surface area (Å²) in [6, 6.07) is 4.37. The Hall–Kier alpha value is -2.35. The number of morpholine rings is 1. The lowest BCUT2D eigenvalue weighted by Gasteiger charge is -2.32. The van der Waals surface area contributed by atoms with Crippen molar-refractivity contribution in [2.24, 2.45) is 0 Å². The first-order chi connectivity index (χ1) is 9.52. The zero-order valence-electron chi connectivity index (χ0n) is 10.8. The third-order valence-electron chi connectivity index (χ3n) is 3.06. The lowest BCUT2D eigenvalue weighted by atomic mass is 10.2. The fourth-order valence-electron chi connectivity index (χ4n) is 2.06. The van der Waals surface area contributed by atoms with Gasteiger partial charge in [-0.3, -0.25) is 10.1 Å². The van der Waals surface area contributed by atoms with Crippen molar-refractivity contribution >= 4 is 17.3 Å². The summed E-state index contributed by atoms with van der Waals surface area (Å²) in [5, 5.41) is 20.0. The Labute approximate surface area is 114 Å². The average molecular weight is 282 g/mol. The number of aliphatic carboxylic acids is 1. The molecule has 0 amide bonds. The molecular formula is C12H14N2O6. The van der Waals surface area contributed by atoms with Gasteiger partial charge in [-0.05, 0) is 6.07 Å². The number of nitrogens with zero attached hydrogens (tertiary/aromatic N) is 2. The van der Waals surface area contributed by atoms with Gasteiger partial charge in [0.05, 0.1) is 25.2 Å². The maximum Gasteiger partial charge on any atom is 0.334 e. The number of carbonyl (C=O) groups is 1. The van der Waals surface area contributed by atoms with E-state index in [1.807, 2.05) is 0 Å². The van der Waals surface area contributed by atoms with Crippen LogP contribution >= 0.6 is 0 Å². The van der Waals surface area contributed by atoms with Gasteiger partial charge in [0.25, 0.3) is 5.69 Å². The Morgan fingerprint density at radius 1 is 1.60 bits per heavy atom. The van der Waals surface area contributed by atoms with Gasteiger partial charge >= 0.3 is 5.97 Å². The molecule has 8 heteroatoms. The molecule has 1 saturated heterocycles. The first-order valence-corrected chi connectivity index (χ1v) is 5.94. The number of carboxylic acids is 1. The van der Waals surface area contributed by atoms with Crippen molar-refractivity contribution in [2.75, 3.05) is 31.7 Å². The Morgan fingerprint density at radius 3 is 2.95 bits per heavy atom. The van der Waals surface area contributed by atoms with Crippen LogP contribution < -0.4 is 9.64 Å². The zero-order chi connectivity index (χ0) is 14.7. The number of nitro groups is 1. The lowest BCUT2D eigenvalue weighted by molar-refractivity contribution is -0.384. The minimum atomic E-state index is -1.08. The van der Waals surface area contributed by atoms with E-state index in [1.54, 1.807) is 4.90 Å². The first kappa shape index (κ1) is 14.1. The summed E-state index contributed by atoms with van der Waals surface area (Å²) < 4.78 is 10.2. The molecule has 0 bridgehead atoms. The molecule has 0 radical (unpaired) electrons. The van der Waals surface area contributed by atoms with E-state index in [2.05, 4.69) is 0 Å². The van der Waals surface area contributed by atoms with E-state index < -0.39 is 17.0 Å². The maximum absolute atomic E-state index is 11.1. The Morgan fingerprint density at radius 2 is 2.35 bits per heavy atom. The smallest absolute Gasteiger partial charge is 0.334 e. The van der Waals surface area contributed by atoms with Crippen LogP contribution in [0.1, 0.15) is 0 Å². The van der Waals surface area contributed by atoms with Crippen molar-refractivity contribution in [1.29, 1.82) is 0 Å². The minimum absolute atomic E-state index is 0.0589. The normalized spacial score (nSPS) is 18.6. The highest BCUT2D eigenvalue weighted by molar-refractivity contribution is 5.74. The number of hydrogen-bond acceptors (Lipinski definition) is 6. The number of hydrogen-bond donors (Lipinski definition) is 1. The molecule has 20 heavy (non-hydrogen) atoms. The Kier molecular flexibility index (Phi) is 4.04. The van der Waals surface area contributed by atoms with Crippen LogP contribution in [-0.2, 0) is 9.53 Å². The van der Waals surface area contributed by atoms with Crippen LogP contribution in [0.15, 0.2) is 18.2 Å². The highest BCUT2D eigenvalue weighted by Gasteiger charge is 2.30. The first-order valence-electron chi connectivity index (χ1n) is 5.94. The maximum atomic E-state index is 11.1. The predicted molar refractivity (Wildman–Crippen MR) is 69.2 cm³/mol.